The molecule has 2 rings (SSSR count). The molecule has 0 bridgehead atoms. The number of nitrogens with two attached hydrogens (primary N) is 1. The third kappa shape index (κ3) is 3.67. The maximum Gasteiger partial charge on any atom is 0.127 e. The number of benzene rings is 2. The predicted octanol–water partition coefficient (Wildman–Crippen LogP) is 4.41. The summed E-state index contributed by atoms with van der Waals surface area (Å²) in [4.78, 5) is 0. The van der Waals surface area contributed by atoms with Crippen LogP contribution in [0.3, 0.4) is 0 Å². The molecular formula is C15H15Br2FN2. The van der Waals surface area contributed by atoms with Crippen LogP contribution in [0.4, 0.5) is 4.39 Å². The van der Waals surface area contributed by atoms with Crippen LogP contribution in [-0.4, -0.2) is 0 Å². The molecule has 0 aromatic heterocycles. The maximum atomic E-state index is 13.9. The molecule has 0 aliphatic carbocycles. The molecule has 3 N–H and O–H groups in total. The van der Waals surface area contributed by atoms with Gasteiger partial charge in [0.05, 0.1) is 6.04 Å². The lowest BCUT2D eigenvalue weighted by molar-refractivity contribution is 0.527. The Morgan fingerprint density at radius 3 is 2.60 bits per heavy atom. The van der Waals surface area contributed by atoms with E-state index in [0.29, 0.717) is 12.0 Å². The highest BCUT2D eigenvalue weighted by Crippen LogP contribution is 2.28. The zero-order chi connectivity index (χ0) is 14.7. The van der Waals surface area contributed by atoms with Crippen molar-refractivity contribution in [2.45, 2.75) is 19.4 Å². The summed E-state index contributed by atoms with van der Waals surface area (Å²) in [5.41, 5.74) is 5.56. The fraction of sp³-hybridized carbons (Fsp3) is 0.200. The fourth-order valence-electron chi connectivity index (χ4n) is 2.10. The predicted molar refractivity (Wildman–Crippen MR) is 86.7 cm³/mol. The highest BCUT2D eigenvalue weighted by molar-refractivity contribution is 9.10. The van der Waals surface area contributed by atoms with Gasteiger partial charge >= 0.3 is 0 Å². The van der Waals surface area contributed by atoms with Crippen molar-refractivity contribution in [1.82, 2.24) is 5.43 Å². The number of aryl methyl sites for hydroxylation is 1. The Bertz CT molecular complexity index is 617. The van der Waals surface area contributed by atoms with Crippen molar-refractivity contribution in [3.8, 4) is 0 Å². The third-order valence-electron chi connectivity index (χ3n) is 3.17. The summed E-state index contributed by atoms with van der Waals surface area (Å²) in [6.07, 6.45) is 0.484. The zero-order valence-electron chi connectivity index (χ0n) is 11.0. The van der Waals surface area contributed by atoms with Gasteiger partial charge in [-0.05, 0) is 42.7 Å². The molecule has 1 unspecified atom stereocenters. The van der Waals surface area contributed by atoms with Gasteiger partial charge in [-0.25, -0.2) is 4.39 Å². The minimum Gasteiger partial charge on any atom is -0.271 e. The first-order valence-corrected chi connectivity index (χ1v) is 7.76. The van der Waals surface area contributed by atoms with Gasteiger partial charge in [0.2, 0.25) is 0 Å². The summed E-state index contributed by atoms with van der Waals surface area (Å²) in [6.45, 7) is 2.02. The first-order chi connectivity index (χ1) is 9.51. The van der Waals surface area contributed by atoms with Gasteiger partial charge in [-0.1, -0.05) is 55.6 Å². The molecule has 2 nitrogen and oxygen atoms in total. The number of nitrogens with one attached hydrogen (secondary N) is 1. The lowest BCUT2D eigenvalue weighted by Gasteiger charge is -2.19. The van der Waals surface area contributed by atoms with E-state index in [1.54, 1.807) is 6.07 Å². The number of hydrogen-bond donors (Lipinski definition) is 2. The fourth-order valence-corrected chi connectivity index (χ4v) is 2.95. The van der Waals surface area contributed by atoms with Crippen molar-refractivity contribution in [2.75, 3.05) is 0 Å². The second-order valence-corrected chi connectivity index (χ2v) is 6.45. The topological polar surface area (TPSA) is 38.0 Å². The molecule has 1 atom stereocenters. The normalized spacial score (nSPS) is 12.4. The first-order valence-electron chi connectivity index (χ1n) is 6.17. The Labute approximate surface area is 134 Å². The van der Waals surface area contributed by atoms with Gasteiger partial charge in [0.25, 0.3) is 0 Å². The summed E-state index contributed by atoms with van der Waals surface area (Å²) in [5.74, 6) is 5.42. The Balaban J connectivity index is 2.31. The Morgan fingerprint density at radius 1 is 1.20 bits per heavy atom. The lowest BCUT2D eigenvalue weighted by Crippen LogP contribution is -2.30. The molecule has 0 heterocycles. The van der Waals surface area contributed by atoms with Crippen molar-refractivity contribution in [3.05, 3.63) is 67.9 Å². The smallest absolute Gasteiger partial charge is 0.127 e. The van der Waals surface area contributed by atoms with E-state index in [1.807, 2.05) is 31.2 Å². The summed E-state index contributed by atoms with van der Waals surface area (Å²) in [5, 5.41) is 0. The summed E-state index contributed by atoms with van der Waals surface area (Å²) in [6, 6.07) is 11.0. The van der Waals surface area contributed by atoms with Crippen LogP contribution in [0.2, 0.25) is 0 Å². The van der Waals surface area contributed by atoms with E-state index >= 15 is 0 Å². The van der Waals surface area contributed by atoms with Crippen molar-refractivity contribution >= 4 is 31.9 Å². The maximum absolute atomic E-state index is 13.9. The molecule has 5 heteroatoms. The second kappa shape index (κ2) is 6.80. The molecular weight excluding hydrogens is 387 g/mol. The van der Waals surface area contributed by atoms with Crippen LogP contribution >= 0.6 is 31.9 Å². The summed E-state index contributed by atoms with van der Waals surface area (Å²) in [7, 11) is 0. The van der Waals surface area contributed by atoms with Crippen molar-refractivity contribution in [1.29, 1.82) is 0 Å². The number of halogens is 3. The lowest BCUT2D eigenvalue weighted by atomic mass is 9.98. The molecule has 0 aliphatic heterocycles. The standard InChI is InChI=1S/C15H15Br2FN2/c1-9-2-5-13(17)12(6-9)15(20-19)7-10-3-4-11(16)8-14(10)18/h2-6,8,15,20H,7,19H2,1H3. The molecule has 2 aromatic carbocycles. The molecule has 0 fully saturated rings. The molecule has 0 radical (unpaired) electrons. The van der Waals surface area contributed by atoms with Gasteiger partial charge < -0.3 is 0 Å². The minimum absolute atomic E-state index is 0.153. The molecule has 0 aliphatic rings. The molecule has 0 amide bonds. The molecule has 0 saturated carbocycles. The van der Waals surface area contributed by atoms with Gasteiger partial charge in [-0.2, -0.15) is 0 Å². The third-order valence-corrected chi connectivity index (χ3v) is 4.38. The quantitative estimate of drug-likeness (QED) is 0.588. The largest absolute Gasteiger partial charge is 0.271 e. The highest BCUT2D eigenvalue weighted by Gasteiger charge is 2.16. The highest BCUT2D eigenvalue weighted by atomic mass is 79.9. The van der Waals surface area contributed by atoms with Crippen LogP contribution in [0.15, 0.2) is 45.3 Å². The van der Waals surface area contributed by atoms with E-state index < -0.39 is 0 Å². The monoisotopic (exact) mass is 400 g/mol. The van der Waals surface area contributed by atoms with Crippen LogP contribution in [0.5, 0.6) is 0 Å². The van der Waals surface area contributed by atoms with Crippen LogP contribution in [0.25, 0.3) is 0 Å². The Kier molecular flexibility index (Phi) is 5.32. The van der Waals surface area contributed by atoms with Crippen LogP contribution in [0, 0.1) is 12.7 Å². The van der Waals surface area contributed by atoms with E-state index in [4.69, 9.17) is 5.84 Å². The van der Waals surface area contributed by atoms with E-state index in [-0.39, 0.29) is 11.9 Å². The second-order valence-electron chi connectivity index (χ2n) is 4.68. The molecule has 106 valence electrons. The zero-order valence-corrected chi connectivity index (χ0v) is 14.1. The minimum atomic E-state index is -0.233. The summed E-state index contributed by atoms with van der Waals surface area (Å²) < 4.78 is 15.6. The SMILES string of the molecule is Cc1ccc(Br)c(C(Cc2ccc(Br)cc2F)NN)c1. The molecule has 2 aromatic rings. The Hall–Kier alpha value is -0.750. The first kappa shape index (κ1) is 15.6. The van der Waals surface area contributed by atoms with Gasteiger partial charge in [-0.15, -0.1) is 0 Å². The molecule has 0 saturated heterocycles. The van der Waals surface area contributed by atoms with E-state index in [9.17, 15) is 4.39 Å². The van der Waals surface area contributed by atoms with Crippen LogP contribution in [0.1, 0.15) is 22.7 Å². The Morgan fingerprint density at radius 2 is 1.95 bits per heavy atom. The van der Waals surface area contributed by atoms with Gasteiger partial charge in [-0.3, -0.25) is 11.3 Å². The van der Waals surface area contributed by atoms with Crippen molar-refractivity contribution in [3.63, 3.8) is 0 Å². The van der Waals surface area contributed by atoms with E-state index in [0.717, 1.165) is 20.1 Å². The van der Waals surface area contributed by atoms with Gasteiger partial charge in [0, 0.05) is 8.95 Å². The average molecular weight is 402 g/mol. The molecule has 0 spiro atoms. The van der Waals surface area contributed by atoms with Crippen molar-refractivity contribution < 1.29 is 4.39 Å². The van der Waals surface area contributed by atoms with Gasteiger partial charge in [0.15, 0.2) is 0 Å². The molecule has 20 heavy (non-hydrogen) atoms. The van der Waals surface area contributed by atoms with Crippen LogP contribution in [-0.2, 0) is 6.42 Å². The summed E-state index contributed by atoms with van der Waals surface area (Å²) >= 11 is 6.78. The van der Waals surface area contributed by atoms with E-state index in [1.165, 1.54) is 6.07 Å². The van der Waals surface area contributed by atoms with Crippen molar-refractivity contribution in [2.24, 2.45) is 5.84 Å². The van der Waals surface area contributed by atoms with E-state index in [2.05, 4.69) is 37.3 Å². The number of rotatable bonds is 4. The number of hydrogen-bond acceptors (Lipinski definition) is 2. The average Bonchev–Trinajstić information content (AvgIpc) is 2.41. The number of hydrazine groups is 1. The van der Waals surface area contributed by atoms with Gasteiger partial charge in [0.1, 0.15) is 5.82 Å². The van der Waals surface area contributed by atoms with Crippen LogP contribution < -0.4 is 11.3 Å².